The summed E-state index contributed by atoms with van der Waals surface area (Å²) >= 11 is 0. The monoisotopic (exact) mass is 357 g/mol. The lowest BCUT2D eigenvalue weighted by molar-refractivity contribution is -0.832. The standard InChI is InChI=1S/C12H11N3O8S/c16-9(17)6-8(12(18)19)13-10-11(15(20)23-14-10)24(21,22)7-4-2-1-3-5-7/h1-5,8H,6H2,(H,13,14)(H,16,17)(H,18,19)/t8-/m0/s1. The number of nitrogens with zero attached hydrogens (tertiary/aromatic N) is 2. The fourth-order valence-electron chi connectivity index (χ4n) is 1.80. The Bertz CT molecular complexity index is 862. The van der Waals surface area contributed by atoms with E-state index in [1.165, 1.54) is 24.3 Å². The maximum absolute atomic E-state index is 12.5. The number of aliphatic carboxylic acids is 2. The molecule has 0 spiro atoms. The highest BCUT2D eigenvalue weighted by atomic mass is 32.2. The van der Waals surface area contributed by atoms with Gasteiger partial charge in [0.05, 0.1) is 16.5 Å². The summed E-state index contributed by atoms with van der Waals surface area (Å²) in [4.78, 5) is 21.1. The van der Waals surface area contributed by atoms with Crippen LogP contribution < -0.4 is 10.2 Å². The second kappa shape index (κ2) is 6.54. The van der Waals surface area contributed by atoms with Gasteiger partial charge in [0.2, 0.25) is 0 Å². The van der Waals surface area contributed by atoms with Crippen molar-refractivity contribution in [3.05, 3.63) is 35.5 Å². The molecule has 1 aromatic heterocycles. The van der Waals surface area contributed by atoms with E-state index < -0.39 is 50.0 Å². The van der Waals surface area contributed by atoms with E-state index in [0.29, 0.717) is 0 Å². The van der Waals surface area contributed by atoms with Crippen LogP contribution in [-0.2, 0) is 19.4 Å². The van der Waals surface area contributed by atoms with Gasteiger partial charge in [0.1, 0.15) is 6.04 Å². The summed E-state index contributed by atoms with van der Waals surface area (Å²) < 4.78 is 29.2. The van der Waals surface area contributed by atoms with E-state index in [9.17, 15) is 23.2 Å². The van der Waals surface area contributed by atoms with Crippen LogP contribution in [0.4, 0.5) is 5.82 Å². The third kappa shape index (κ3) is 3.43. The first kappa shape index (κ1) is 17.2. The van der Waals surface area contributed by atoms with Gasteiger partial charge in [-0.2, -0.15) is 0 Å². The predicted octanol–water partition coefficient (Wildman–Crippen LogP) is -0.519. The summed E-state index contributed by atoms with van der Waals surface area (Å²) in [5, 5.41) is 33.6. The van der Waals surface area contributed by atoms with Crippen molar-refractivity contribution in [1.82, 2.24) is 5.16 Å². The second-order valence-electron chi connectivity index (χ2n) is 4.53. The Labute approximate surface area is 134 Å². The zero-order chi connectivity index (χ0) is 17.9. The summed E-state index contributed by atoms with van der Waals surface area (Å²) in [6.45, 7) is 0. The van der Waals surface area contributed by atoms with Gasteiger partial charge in [-0.15, -0.1) is 0 Å². The first-order valence-corrected chi connectivity index (χ1v) is 7.82. The number of nitrogens with one attached hydrogen (secondary N) is 1. The van der Waals surface area contributed by atoms with Crippen molar-refractivity contribution >= 4 is 27.6 Å². The van der Waals surface area contributed by atoms with Crippen molar-refractivity contribution in [3.63, 3.8) is 0 Å². The molecule has 0 saturated carbocycles. The van der Waals surface area contributed by atoms with E-state index in [2.05, 4.69) is 15.1 Å². The van der Waals surface area contributed by atoms with Crippen molar-refractivity contribution in [2.24, 2.45) is 0 Å². The average molecular weight is 357 g/mol. The van der Waals surface area contributed by atoms with Crippen LogP contribution in [0.5, 0.6) is 0 Å². The van der Waals surface area contributed by atoms with Crippen LogP contribution in [0.2, 0.25) is 0 Å². The van der Waals surface area contributed by atoms with Gasteiger partial charge >= 0.3 is 22.8 Å². The van der Waals surface area contributed by atoms with Gasteiger partial charge in [0.25, 0.3) is 9.84 Å². The van der Waals surface area contributed by atoms with Crippen molar-refractivity contribution in [2.45, 2.75) is 22.4 Å². The van der Waals surface area contributed by atoms with Crippen molar-refractivity contribution < 1.29 is 37.8 Å². The molecule has 0 aliphatic rings. The number of benzene rings is 1. The van der Waals surface area contributed by atoms with Crippen LogP contribution in [0.3, 0.4) is 0 Å². The molecule has 0 bridgehead atoms. The average Bonchev–Trinajstić information content (AvgIpc) is 2.88. The zero-order valence-corrected chi connectivity index (χ0v) is 12.6. The summed E-state index contributed by atoms with van der Waals surface area (Å²) in [5.74, 6) is -3.70. The Morgan fingerprint density at radius 3 is 2.46 bits per heavy atom. The van der Waals surface area contributed by atoms with E-state index in [4.69, 9.17) is 10.2 Å². The minimum absolute atomic E-state index is 0.244. The lowest BCUT2D eigenvalue weighted by Crippen LogP contribution is -2.35. The molecule has 3 N–H and O–H groups in total. The minimum atomic E-state index is -4.37. The second-order valence-corrected chi connectivity index (χ2v) is 6.40. The number of carbonyl (C=O) groups is 2. The smallest absolute Gasteiger partial charge is 0.338 e. The van der Waals surface area contributed by atoms with Gasteiger partial charge in [-0.05, 0) is 17.0 Å². The Hall–Kier alpha value is -3.15. The number of anilines is 1. The summed E-state index contributed by atoms with van der Waals surface area (Å²) in [6.07, 6.45) is -0.869. The van der Waals surface area contributed by atoms with E-state index in [-0.39, 0.29) is 4.90 Å². The van der Waals surface area contributed by atoms with Crippen molar-refractivity contribution in [1.29, 1.82) is 0 Å². The third-order valence-corrected chi connectivity index (χ3v) is 4.61. The molecule has 11 nitrogen and oxygen atoms in total. The van der Waals surface area contributed by atoms with E-state index in [1.807, 2.05) is 0 Å². The topological polar surface area (TPSA) is 174 Å². The number of aromatic nitrogens is 2. The van der Waals surface area contributed by atoms with Gasteiger partial charge < -0.3 is 20.7 Å². The maximum atomic E-state index is 12.5. The number of hydrogen-bond donors (Lipinski definition) is 3. The van der Waals surface area contributed by atoms with Crippen molar-refractivity contribution in [2.75, 3.05) is 5.32 Å². The summed E-state index contributed by atoms with van der Waals surface area (Å²) in [6, 6.07) is 5.14. The predicted molar refractivity (Wildman–Crippen MR) is 74.7 cm³/mol. The molecule has 1 heterocycles. The molecule has 0 aliphatic carbocycles. The number of hydrogen-bond acceptors (Lipinski definition) is 8. The molecule has 0 radical (unpaired) electrons. The van der Waals surface area contributed by atoms with E-state index >= 15 is 0 Å². The molecule has 1 aromatic carbocycles. The van der Waals surface area contributed by atoms with Gasteiger partial charge in [-0.3, -0.25) is 9.42 Å². The van der Waals surface area contributed by atoms with Crippen LogP contribution in [0.15, 0.2) is 44.9 Å². The fourth-order valence-corrected chi connectivity index (χ4v) is 3.12. The van der Waals surface area contributed by atoms with Gasteiger partial charge in [-0.1, -0.05) is 18.2 Å². The quantitative estimate of drug-likeness (QED) is 0.547. The van der Waals surface area contributed by atoms with Gasteiger partial charge in [0, 0.05) is 0 Å². The Kier molecular flexibility index (Phi) is 4.69. The molecule has 0 unspecified atom stereocenters. The molecule has 128 valence electrons. The van der Waals surface area contributed by atoms with E-state index in [1.54, 1.807) is 6.07 Å². The third-order valence-electron chi connectivity index (χ3n) is 2.87. The van der Waals surface area contributed by atoms with Crippen LogP contribution in [-0.4, -0.2) is 41.8 Å². The Balaban J connectivity index is 2.45. The van der Waals surface area contributed by atoms with Gasteiger partial charge in [0.15, 0.2) is 0 Å². The van der Waals surface area contributed by atoms with Crippen LogP contribution in [0.25, 0.3) is 0 Å². The van der Waals surface area contributed by atoms with Crippen LogP contribution >= 0.6 is 0 Å². The SMILES string of the molecule is O=C(O)C[C@H](Nc1no[n+]([O-])c1S(=O)(=O)c1ccccc1)C(=O)O. The summed E-state index contributed by atoms with van der Waals surface area (Å²) in [7, 11) is -4.37. The van der Waals surface area contributed by atoms with Crippen molar-refractivity contribution in [3.8, 4) is 0 Å². The normalized spacial score (nSPS) is 12.5. The Morgan fingerprint density at radius 2 is 1.92 bits per heavy atom. The lowest BCUT2D eigenvalue weighted by Gasteiger charge is -2.09. The highest BCUT2D eigenvalue weighted by Crippen LogP contribution is 2.24. The number of rotatable bonds is 7. The molecule has 24 heavy (non-hydrogen) atoms. The highest BCUT2D eigenvalue weighted by molar-refractivity contribution is 7.91. The first-order chi connectivity index (χ1) is 11.2. The van der Waals surface area contributed by atoms with Crippen LogP contribution in [0.1, 0.15) is 6.42 Å². The Morgan fingerprint density at radius 1 is 1.29 bits per heavy atom. The molecule has 1 atom stereocenters. The molecule has 0 aliphatic heterocycles. The fraction of sp³-hybridized carbons (Fsp3) is 0.167. The molecular formula is C12H11N3O8S. The first-order valence-electron chi connectivity index (χ1n) is 6.34. The van der Waals surface area contributed by atoms with Crippen LogP contribution in [0, 0.1) is 5.21 Å². The maximum Gasteiger partial charge on any atom is 0.338 e. The molecular weight excluding hydrogens is 346 g/mol. The van der Waals surface area contributed by atoms with Gasteiger partial charge in [-0.25, -0.2) is 13.2 Å². The summed E-state index contributed by atoms with van der Waals surface area (Å²) in [5.41, 5.74) is 0. The molecule has 12 heteroatoms. The molecule has 2 rings (SSSR count). The number of carboxylic acids is 2. The molecule has 0 fully saturated rings. The number of carboxylic acid groups (broad SMARTS) is 2. The molecule has 0 saturated heterocycles. The minimum Gasteiger partial charge on any atom is -0.481 e. The largest absolute Gasteiger partial charge is 0.481 e. The highest BCUT2D eigenvalue weighted by Gasteiger charge is 2.36. The lowest BCUT2D eigenvalue weighted by atomic mass is 10.2. The number of sulfone groups is 1. The molecule has 0 amide bonds. The van der Waals surface area contributed by atoms with E-state index in [0.717, 1.165) is 0 Å². The zero-order valence-electron chi connectivity index (χ0n) is 11.8. The molecule has 2 aromatic rings.